The van der Waals surface area contributed by atoms with E-state index in [2.05, 4.69) is 10.3 Å². The van der Waals surface area contributed by atoms with Gasteiger partial charge >= 0.3 is 0 Å². The maximum absolute atomic E-state index is 13.0. The fraction of sp³-hybridized carbons (Fsp3) is 0.308. The van der Waals surface area contributed by atoms with E-state index in [1.807, 2.05) is 37.3 Å². The zero-order valence-electron chi connectivity index (χ0n) is 19.8. The number of hydrogen-bond donors (Lipinski definition) is 5. The van der Waals surface area contributed by atoms with E-state index in [0.717, 1.165) is 5.56 Å². The number of rotatable bonds is 7. The highest BCUT2D eigenvalue weighted by atomic mass is 16.3. The molecule has 0 unspecified atom stereocenters. The average molecular weight is 479 g/mol. The maximum Gasteiger partial charge on any atom is 0.257 e. The van der Waals surface area contributed by atoms with Crippen molar-refractivity contribution in [1.29, 1.82) is 0 Å². The van der Waals surface area contributed by atoms with Crippen LogP contribution in [0.5, 0.6) is 17.5 Å². The van der Waals surface area contributed by atoms with Crippen molar-refractivity contribution in [2.45, 2.75) is 19.8 Å². The minimum Gasteiger partial charge on any atom is -0.505 e. The van der Waals surface area contributed by atoms with E-state index < -0.39 is 0 Å². The van der Waals surface area contributed by atoms with E-state index in [4.69, 9.17) is 0 Å². The summed E-state index contributed by atoms with van der Waals surface area (Å²) in [7, 11) is 1.49. The van der Waals surface area contributed by atoms with Crippen molar-refractivity contribution in [2.24, 2.45) is 18.0 Å². The van der Waals surface area contributed by atoms with Crippen molar-refractivity contribution in [3.8, 4) is 17.5 Å². The Kier molecular flexibility index (Phi) is 6.97. The molecular formula is C26H30N4O5. The lowest BCUT2D eigenvalue weighted by Crippen LogP contribution is -2.29. The number of aliphatic imine (C=N–C) groups is 1. The Labute approximate surface area is 203 Å². The minimum atomic E-state index is -0.335. The first-order chi connectivity index (χ1) is 16.8. The van der Waals surface area contributed by atoms with Gasteiger partial charge in [-0.2, -0.15) is 0 Å². The summed E-state index contributed by atoms with van der Waals surface area (Å²) in [4.78, 5) is 19.2. The van der Waals surface area contributed by atoms with Crippen molar-refractivity contribution in [2.75, 3.05) is 25.0 Å². The number of benzene rings is 2. The van der Waals surface area contributed by atoms with Crippen molar-refractivity contribution in [1.82, 2.24) is 9.47 Å². The van der Waals surface area contributed by atoms with Gasteiger partial charge in [0, 0.05) is 38.4 Å². The third-order valence-corrected chi connectivity index (χ3v) is 6.35. The molecule has 0 spiro atoms. The Morgan fingerprint density at radius 1 is 1.09 bits per heavy atom. The van der Waals surface area contributed by atoms with E-state index >= 15 is 0 Å². The largest absolute Gasteiger partial charge is 0.505 e. The molecule has 1 aliphatic heterocycles. The van der Waals surface area contributed by atoms with Crippen molar-refractivity contribution in [3.63, 3.8) is 0 Å². The summed E-state index contributed by atoms with van der Waals surface area (Å²) in [5.41, 5.74) is 2.10. The Balaban J connectivity index is 1.70. The lowest BCUT2D eigenvalue weighted by Gasteiger charge is -2.18. The minimum absolute atomic E-state index is 0.0140. The second-order valence-electron chi connectivity index (χ2n) is 8.62. The van der Waals surface area contributed by atoms with Crippen LogP contribution in [0.3, 0.4) is 0 Å². The number of anilines is 2. The second kappa shape index (κ2) is 10.1. The van der Waals surface area contributed by atoms with Crippen molar-refractivity contribution >= 4 is 28.7 Å². The number of carbonyl (C=O) groups excluding carboxylic acids is 1. The van der Waals surface area contributed by atoms with Crippen LogP contribution in [-0.2, 0) is 7.05 Å². The number of amides is 1. The molecule has 0 saturated carbocycles. The highest BCUT2D eigenvalue weighted by molar-refractivity contribution is 6.04. The van der Waals surface area contributed by atoms with Gasteiger partial charge in [0.25, 0.3) is 5.91 Å². The summed E-state index contributed by atoms with van der Waals surface area (Å²) in [5.74, 6) is -1.10. The maximum atomic E-state index is 13.0. The molecular weight excluding hydrogens is 448 g/mol. The number of aromatic hydroxyl groups is 3. The Morgan fingerprint density at radius 2 is 1.83 bits per heavy atom. The molecule has 9 heteroatoms. The van der Waals surface area contributed by atoms with Crippen LogP contribution in [0.2, 0.25) is 0 Å². The van der Waals surface area contributed by atoms with Crippen LogP contribution in [0.25, 0.3) is 0 Å². The molecule has 1 saturated heterocycles. The Morgan fingerprint density at radius 3 is 2.49 bits per heavy atom. The van der Waals surface area contributed by atoms with Gasteiger partial charge in [0.2, 0.25) is 11.8 Å². The van der Waals surface area contributed by atoms with Gasteiger partial charge in [-0.05, 0) is 30.5 Å². The van der Waals surface area contributed by atoms with Gasteiger partial charge in [-0.25, -0.2) is 4.99 Å². The van der Waals surface area contributed by atoms with Crippen LogP contribution in [0.15, 0.2) is 53.5 Å². The molecule has 4 rings (SSSR count). The number of aliphatic hydroxyl groups is 1. The summed E-state index contributed by atoms with van der Waals surface area (Å²) in [6.45, 7) is 2.89. The molecule has 184 valence electrons. The van der Waals surface area contributed by atoms with Crippen LogP contribution in [0.1, 0.15) is 35.7 Å². The van der Waals surface area contributed by atoms with E-state index in [-0.39, 0.29) is 58.6 Å². The predicted octanol–water partition coefficient (Wildman–Crippen LogP) is 3.87. The number of phenolic OH excluding ortho intramolecular Hbond substituents is 1. The number of likely N-dealkylation sites (tertiary alicyclic amines) is 1. The van der Waals surface area contributed by atoms with Gasteiger partial charge in [0.15, 0.2) is 11.4 Å². The standard InChI is InChI=1S/C26H30N4O5/c1-3-19(17-8-5-4-6-9-17)27-21-22(26(35)29(2)25(21)34)28-20-11-7-10-18(23(20)32)24(33)30-13-12-16(14-30)15-31/h4-11,16,28,31-32,34-35H,3,12-15H2,1-2H3/t16-/m0/s1. The molecule has 1 aromatic heterocycles. The second-order valence-corrected chi connectivity index (χ2v) is 8.62. The fourth-order valence-electron chi connectivity index (χ4n) is 4.27. The molecule has 0 aliphatic carbocycles. The van der Waals surface area contributed by atoms with Crippen molar-refractivity contribution in [3.05, 3.63) is 59.7 Å². The molecule has 1 fully saturated rings. The fourth-order valence-corrected chi connectivity index (χ4v) is 4.27. The molecule has 1 amide bonds. The molecule has 5 N–H and O–H groups in total. The molecule has 1 aliphatic rings. The summed E-state index contributed by atoms with van der Waals surface area (Å²) in [6.07, 6.45) is 1.29. The van der Waals surface area contributed by atoms with E-state index in [1.54, 1.807) is 17.0 Å². The summed E-state index contributed by atoms with van der Waals surface area (Å²) in [6, 6.07) is 14.2. The first-order valence-electron chi connectivity index (χ1n) is 11.6. The molecule has 0 bridgehead atoms. The highest BCUT2D eigenvalue weighted by Crippen LogP contribution is 2.47. The molecule has 35 heavy (non-hydrogen) atoms. The number of aliphatic hydroxyl groups excluding tert-OH is 1. The molecule has 9 nitrogen and oxygen atoms in total. The highest BCUT2D eigenvalue weighted by Gasteiger charge is 2.29. The van der Waals surface area contributed by atoms with Crippen LogP contribution in [-0.4, -0.2) is 61.2 Å². The summed E-state index contributed by atoms with van der Waals surface area (Å²) < 4.78 is 1.19. The van der Waals surface area contributed by atoms with Gasteiger partial charge < -0.3 is 30.6 Å². The SMILES string of the molecule is CCC(=Nc1c(Nc2cccc(C(=O)N3CC[C@H](CO)C3)c2O)c(O)n(C)c1O)c1ccccc1. The number of carbonyl (C=O) groups is 1. The van der Waals surface area contributed by atoms with E-state index in [9.17, 15) is 25.2 Å². The number of phenols is 1. The van der Waals surface area contributed by atoms with E-state index in [0.29, 0.717) is 31.6 Å². The normalized spacial score (nSPS) is 16.0. The number of aromatic nitrogens is 1. The average Bonchev–Trinajstić information content (AvgIpc) is 3.44. The van der Waals surface area contributed by atoms with Crippen LogP contribution < -0.4 is 5.32 Å². The van der Waals surface area contributed by atoms with Gasteiger partial charge in [0.1, 0.15) is 5.69 Å². The lowest BCUT2D eigenvalue weighted by atomic mass is 10.1. The zero-order valence-corrected chi connectivity index (χ0v) is 19.8. The lowest BCUT2D eigenvalue weighted by molar-refractivity contribution is 0.0779. The first-order valence-corrected chi connectivity index (χ1v) is 11.6. The first kappa shape index (κ1) is 24.2. The molecule has 3 aromatic rings. The third-order valence-electron chi connectivity index (χ3n) is 6.35. The number of nitrogens with zero attached hydrogens (tertiary/aromatic N) is 3. The Hall–Kier alpha value is -3.98. The van der Waals surface area contributed by atoms with Crippen LogP contribution >= 0.6 is 0 Å². The van der Waals surface area contributed by atoms with Crippen molar-refractivity contribution < 1.29 is 25.2 Å². The molecule has 0 radical (unpaired) electrons. The molecule has 1 atom stereocenters. The van der Waals surface area contributed by atoms with Gasteiger partial charge in [-0.1, -0.05) is 43.3 Å². The van der Waals surface area contributed by atoms with Gasteiger partial charge in [-0.3, -0.25) is 9.36 Å². The Bertz CT molecular complexity index is 1250. The zero-order chi connectivity index (χ0) is 25.1. The number of nitrogens with one attached hydrogen (secondary N) is 1. The van der Waals surface area contributed by atoms with Gasteiger partial charge in [0.05, 0.1) is 11.3 Å². The smallest absolute Gasteiger partial charge is 0.257 e. The monoisotopic (exact) mass is 478 g/mol. The third kappa shape index (κ3) is 4.67. The number of hydrogen-bond acceptors (Lipinski definition) is 7. The van der Waals surface area contributed by atoms with Gasteiger partial charge in [-0.15, -0.1) is 0 Å². The predicted molar refractivity (Wildman–Crippen MR) is 134 cm³/mol. The number of para-hydroxylation sites is 1. The molecule has 2 heterocycles. The van der Waals surface area contributed by atoms with Crippen LogP contribution in [0, 0.1) is 5.92 Å². The summed E-state index contributed by atoms with van der Waals surface area (Å²) >= 11 is 0. The summed E-state index contributed by atoms with van der Waals surface area (Å²) in [5, 5.41) is 44.6. The quantitative estimate of drug-likeness (QED) is 0.259. The molecule has 2 aromatic carbocycles. The topological polar surface area (TPSA) is 131 Å². The van der Waals surface area contributed by atoms with Crippen LogP contribution in [0.4, 0.5) is 17.1 Å². The van der Waals surface area contributed by atoms with E-state index in [1.165, 1.54) is 17.7 Å².